The van der Waals surface area contributed by atoms with Gasteiger partial charge >= 0.3 is 0 Å². The van der Waals surface area contributed by atoms with Gasteiger partial charge in [-0.05, 0) is 68.9 Å². The van der Waals surface area contributed by atoms with E-state index in [0.29, 0.717) is 19.4 Å². The van der Waals surface area contributed by atoms with Crippen molar-refractivity contribution in [2.75, 3.05) is 25.0 Å². The fraction of sp³-hybridized carbons (Fsp3) is 0.462. The predicted octanol–water partition coefficient (Wildman–Crippen LogP) is 3.05. The Hall–Kier alpha value is -2.71. The first-order valence-electron chi connectivity index (χ1n) is 11.9. The summed E-state index contributed by atoms with van der Waals surface area (Å²) in [7, 11) is -2.42. The van der Waals surface area contributed by atoms with Crippen molar-refractivity contribution in [3.63, 3.8) is 0 Å². The molecule has 7 nitrogen and oxygen atoms in total. The number of carbonyl (C=O) groups excluding carboxylic acids is 2. The summed E-state index contributed by atoms with van der Waals surface area (Å²) in [6, 6.07) is 13.0. The molecule has 2 aromatic carbocycles. The van der Waals surface area contributed by atoms with E-state index in [2.05, 4.69) is 5.32 Å². The highest BCUT2D eigenvalue weighted by Crippen LogP contribution is 2.38. The summed E-state index contributed by atoms with van der Waals surface area (Å²) in [4.78, 5) is 27.2. The Balaban J connectivity index is 1.37. The zero-order valence-corrected chi connectivity index (χ0v) is 20.9. The van der Waals surface area contributed by atoms with Crippen LogP contribution in [-0.4, -0.2) is 50.7 Å². The molecule has 1 atom stereocenters. The van der Waals surface area contributed by atoms with Gasteiger partial charge in [0.25, 0.3) is 0 Å². The quantitative estimate of drug-likeness (QED) is 0.625. The van der Waals surface area contributed by atoms with Gasteiger partial charge in [0.15, 0.2) is 0 Å². The molecule has 1 aliphatic heterocycles. The van der Waals surface area contributed by atoms with Gasteiger partial charge in [0.05, 0.1) is 11.4 Å². The van der Waals surface area contributed by atoms with E-state index in [1.807, 2.05) is 43.0 Å². The zero-order chi connectivity index (χ0) is 24.5. The van der Waals surface area contributed by atoms with Crippen molar-refractivity contribution < 1.29 is 18.0 Å². The summed E-state index contributed by atoms with van der Waals surface area (Å²) in [6.45, 7) is 4.21. The third kappa shape index (κ3) is 5.03. The van der Waals surface area contributed by atoms with Gasteiger partial charge in [-0.25, -0.2) is 8.42 Å². The van der Waals surface area contributed by atoms with Crippen LogP contribution in [0.25, 0.3) is 0 Å². The molecule has 0 bridgehead atoms. The molecule has 1 heterocycles. The van der Waals surface area contributed by atoms with E-state index >= 15 is 0 Å². The van der Waals surface area contributed by atoms with Crippen LogP contribution in [0.3, 0.4) is 0 Å². The van der Waals surface area contributed by atoms with Gasteiger partial charge < -0.3 is 10.2 Å². The number of sulfonamides is 1. The van der Waals surface area contributed by atoms with Gasteiger partial charge in [-0.1, -0.05) is 36.2 Å². The lowest BCUT2D eigenvalue weighted by Gasteiger charge is -2.32. The average molecular weight is 484 g/mol. The molecule has 0 spiro atoms. The van der Waals surface area contributed by atoms with Crippen LogP contribution in [0.4, 0.5) is 5.69 Å². The molecule has 4 rings (SSSR count). The van der Waals surface area contributed by atoms with Crippen LogP contribution in [-0.2, 0) is 32.5 Å². The topological polar surface area (TPSA) is 86.8 Å². The Kier molecular flexibility index (Phi) is 7.09. The second-order valence-electron chi connectivity index (χ2n) is 9.53. The molecule has 2 aromatic rings. The van der Waals surface area contributed by atoms with Gasteiger partial charge in [-0.3, -0.25) is 9.59 Å². The van der Waals surface area contributed by atoms with Crippen LogP contribution >= 0.6 is 0 Å². The molecule has 182 valence electrons. The Morgan fingerprint density at radius 3 is 2.47 bits per heavy atom. The number of fused-ring (bicyclic) bond motifs is 1. The number of nitrogens with one attached hydrogen (secondary N) is 1. The first-order chi connectivity index (χ1) is 16.2. The van der Waals surface area contributed by atoms with Crippen molar-refractivity contribution >= 4 is 27.5 Å². The van der Waals surface area contributed by atoms with Gasteiger partial charge in [0, 0.05) is 31.2 Å². The Labute approximate surface area is 202 Å². The van der Waals surface area contributed by atoms with Crippen LogP contribution in [0.15, 0.2) is 47.4 Å². The highest BCUT2D eigenvalue weighted by molar-refractivity contribution is 7.89. The van der Waals surface area contributed by atoms with Crippen molar-refractivity contribution in [2.24, 2.45) is 5.92 Å². The molecule has 1 saturated carbocycles. The largest absolute Gasteiger partial charge is 0.355 e. The van der Waals surface area contributed by atoms with Crippen LogP contribution < -0.4 is 10.2 Å². The number of anilines is 1. The second kappa shape index (κ2) is 9.88. The summed E-state index contributed by atoms with van der Waals surface area (Å²) in [5.41, 5.74) is 3.96. The fourth-order valence-electron chi connectivity index (χ4n) is 4.58. The zero-order valence-electron chi connectivity index (χ0n) is 20.1. The van der Waals surface area contributed by atoms with E-state index in [0.717, 1.165) is 40.4 Å². The lowest BCUT2D eigenvalue weighted by Crippen LogP contribution is -2.42. The van der Waals surface area contributed by atoms with Gasteiger partial charge in [0.2, 0.25) is 21.8 Å². The molecule has 1 fully saturated rings. The molecular formula is C26H33N3O4S. The van der Waals surface area contributed by atoms with Crippen molar-refractivity contribution in [1.82, 2.24) is 9.62 Å². The normalized spacial score (nSPS) is 18.0. The number of hydrogen-bond acceptors (Lipinski definition) is 4. The molecule has 0 radical (unpaired) electrons. The maximum atomic E-state index is 13.1. The van der Waals surface area contributed by atoms with Crippen molar-refractivity contribution in [3.8, 4) is 0 Å². The molecule has 1 aliphatic carbocycles. The SMILES string of the molecule is Cc1ccc(CCNC(=O)CN(C)S(=O)(=O)c2ccc3c(c2)C[C@@H](C)N3C(=O)C2CCC2)cc1. The molecular weight excluding hydrogens is 450 g/mol. The van der Waals surface area contributed by atoms with Crippen LogP contribution in [0.5, 0.6) is 0 Å². The molecule has 0 saturated heterocycles. The van der Waals surface area contributed by atoms with E-state index in [1.54, 1.807) is 18.2 Å². The molecule has 0 aromatic heterocycles. The van der Waals surface area contributed by atoms with Crippen molar-refractivity contribution in [3.05, 3.63) is 59.2 Å². The lowest BCUT2D eigenvalue weighted by molar-refractivity contribution is -0.125. The monoisotopic (exact) mass is 483 g/mol. The highest BCUT2D eigenvalue weighted by atomic mass is 32.2. The molecule has 1 N–H and O–H groups in total. The Morgan fingerprint density at radius 1 is 1.12 bits per heavy atom. The minimum Gasteiger partial charge on any atom is -0.355 e. The van der Waals surface area contributed by atoms with Crippen molar-refractivity contribution in [1.29, 1.82) is 0 Å². The number of carbonyl (C=O) groups is 2. The van der Waals surface area contributed by atoms with Crippen molar-refractivity contribution in [2.45, 2.75) is 56.9 Å². The van der Waals surface area contributed by atoms with Crippen LogP contribution in [0.2, 0.25) is 0 Å². The van der Waals surface area contributed by atoms with E-state index in [4.69, 9.17) is 0 Å². The minimum atomic E-state index is -3.83. The third-order valence-electron chi connectivity index (χ3n) is 6.89. The van der Waals surface area contributed by atoms with Gasteiger partial charge in [0.1, 0.15) is 0 Å². The average Bonchev–Trinajstić information content (AvgIpc) is 3.08. The van der Waals surface area contributed by atoms with Gasteiger partial charge in [-0.15, -0.1) is 0 Å². The number of hydrogen-bond donors (Lipinski definition) is 1. The summed E-state index contributed by atoms with van der Waals surface area (Å²) in [5, 5.41) is 2.80. The highest BCUT2D eigenvalue weighted by Gasteiger charge is 2.37. The predicted molar refractivity (Wildman–Crippen MR) is 132 cm³/mol. The second-order valence-corrected chi connectivity index (χ2v) is 11.6. The van der Waals surface area contributed by atoms with E-state index in [9.17, 15) is 18.0 Å². The fourth-order valence-corrected chi connectivity index (χ4v) is 5.76. The maximum absolute atomic E-state index is 13.1. The summed E-state index contributed by atoms with van der Waals surface area (Å²) in [6.07, 6.45) is 4.26. The number of nitrogens with zero attached hydrogens (tertiary/aromatic N) is 2. The minimum absolute atomic E-state index is 0.0121. The van der Waals surface area contributed by atoms with Gasteiger partial charge in [-0.2, -0.15) is 4.31 Å². The standard InChI is InChI=1S/C26H33N3O4S/c1-18-7-9-20(10-8-18)13-14-27-25(30)17-28(3)34(32,33)23-11-12-24-22(16-23)15-19(2)29(24)26(31)21-5-4-6-21/h7-12,16,19,21H,4-6,13-15,17H2,1-3H3,(H,27,30)/t19-/m1/s1. The summed E-state index contributed by atoms with van der Waals surface area (Å²) >= 11 is 0. The number of benzene rings is 2. The third-order valence-corrected chi connectivity index (χ3v) is 8.69. The first kappa shape index (κ1) is 24.4. The van der Waals surface area contributed by atoms with Crippen LogP contribution in [0.1, 0.15) is 42.9 Å². The molecule has 0 unspecified atom stereocenters. The van der Waals surface area contributed by atoms with E-state index in [1.165, 1.54) is 12.6 Å². The lowest BCUT2D eigenvalue weighted by atomic mass is 9.84. The number of amides is 2. The van der Waals surface area contributed by atoms with E-state index in [-0.39, 0.29) is 35.2 Å². The van der Waals surface area contributed by atoms with E-state index < -0.39 is 10.0 Å². The summed E-state index contributed by atoms with van der Waals surface area (Å²) < 4.78 is 27.3. The summed E-state index contributed by atoms with van der Waals surface area (Å²) in [5.74, 6) is -0.106. The number of aryl methyl sites for hydroxylation is 1. The number of rotatable bonds is 8. The maximum Gasteiger partial charge on any atom is 0.243 e. The molecule has 34 heavy (non-hydrogen) atoms. The molecule has 2 aliphatic rings. The smallest absolute Gasteiger partial charge is 0.243 e. The molecule has 8 heteroatoms. The number of likely N-dealkylation sites (N-methyl/N-ethyl adjacent to an activating group) is 1. The first-order valence-corrected chi connectivity index (χ1v) is 13.4. The Bertz CT molecular complexity index is 1170. The Morgan fingerprint density at radius 2 is 1.82 bits per heavy atom. The van der Waals surface area contributed by atoms with Crippen LogP contribution in [0, 0.1) is 12.8 Å². The molecule has 2 amide bonds.